The van der Waals surface area contributed by atoms with E-state index in [4.69, 9.17) is 9.47 Å². The zero-order valence-corrected chi connectivity index (χ0v) is 8.58. The number of ether oxygens (including phenoxy) is 2. The molecule has 15 heavy (non-hydrogen) atoms. The van der Waals surface area contributed by atoms with Gasteiger partial charge in [0.25, 0.3) is 0 Å². The molecule has 0 amide bonds. The number of aryl methyl sites for hydroxylation is 1. The molecular formula is C10H12FNO3. The Kier molecular flexibility index (Phi) is 2.58. The van der Waals surface area contributed by atoms with Gasteiger partial charge in [-0.2, -0.15) is 4.39 Å². The van der Waals surface area contributed by atoms with Crippen LogP contribution in [0.2, 0.25) is 0 Å². The molecule has 82 valence electrons. The number of hydrogen-bond donors (Lipinski definition) is 1. The lowest BCUT2D eigenvalue weighted by atomic mass is 10.1. The van der Waals surface area contributed by atoms with E-state index >= 15 is 0 Å². The Bertz CT molecular complexity index is 395. The predicted molar refractivity (Wildman–Crippen MR) is 49.8 cm³/mol. The average molecular weight is 213 g/mol. The Morgan fingerprint density at radius 2 is 2.40 bits per heavy atom. The second-order valence-corrected chi connectivity index (χ2v) is 3.33. The fourth-order valence-corrected chi connectivity index (χ4v) is 1.63. The van der Waals surface area contributed by atoms with E-state index in [-0.39, 0.29) is 23.6 Å². The van der Waals surface area contributed by atoms with Crippen molar-refractivity contribution in [1.29, 1.82) is 0 Å². The molecule has 4 nitrogen and oxygen atoms in total. The third-order valence-electron chi connectivity index (χ3n) is 2.37. The minimum atomic E-state index is -0.679. The second-order valence-electron chi connectivity index (χ2n) is 3.33. The highest BCUT2D eigenvalue weighted by atomic mass is 19.1. The minimum absolute atomic E-state index is 0.0395. The van der Waals surface area contributed by atoms with Crippen molar-refractivity contribution in [2.45, 2.75) is 26.7 Å². The van der Waals surface area contributed by atoms with Crippen molar-refractivity contribution in [2.24, 2.45) is 0 Å². The molecule has 2 heterocycles. The molecule has 0 saturated carbocycles. The molecule has 0 saturated heterocycles. The maximum absolute atomic E-state index is 13.4. The predicted octanol–water partition coefficient (Wildman–Crippen LogP) is 1.80. The summed E-state index contributed by atoms with van der Waals surface area (Å²) in [5.41, 5.74) is 0.917. The third-order valence-corrected chi connectivity index (χ3v) is 2.37. The van der Waals surface area contributed by atoms with E-state index in [1.165, 1.54) is 0 Å². The van der Waals surface area contributed by atoms with Crippen molar-refractivity contribution in [3.63, 3.8) is 0 Å². The molecule has 1 unspecified atom stereocenters. The van der Waals surface area contributed by atoms with Gasteiger partial charge in [-0.25, -0.2) is 4.98 Å². The molecule has 0 aliphatic carbocycles. The number of aromatic hydroxyl groups is 1. The largest absolute Gasteiger partial charge is 0.506 e. The van der Waals surface area contributed by atoms with Gasteiger partial charge in [0.05, 0.1) is 17.9 Å². The Balaban J connectivity index is 2.50. The van der Waals surface area contributed by atoms with Crippen LogP contribution in [0.25, 0.3) is 0 Å². The first-order chi connectivity index (χ1) is 7.15. The maximum Gasteiger partial charge on any atom is 0.219 e. The van der Waals surface area contributed by atoms with Crippen LogP contribution in [-0.2, 0) is 16.1 Å². The van der Waals surface area contributed by atoms with Crippen LogP contribution in [0.4, 0.5) is 4.39 Å². The molecule has 1 atom stereocenters. The Morgan fingerprint density at radius 3 is 3.07 bits per heavy atom. The van der Waals surface area contributed by atoms with Gasteiger partial charge in [0, 0.05) is 12.2 Å². The van der Waals surface area contributed by atoms with Crippen LogP contribution in [0.15, 0.2) is 0 Å². The number of aromatic nitrogens is 1. The molecular weight excluding hydrogens is 201 g/mol. The lowest BCUT2D eigenvalue weighted by molar-refractivity contribution is -0.135. The number of nitrogens with zero attached hydrogens (tertiary/aromatic N) is 1. The van der Waals surface area contributed by atoms with Crippen molar-refractivity contribution in [3.8, 4) is 5.75 Å². The van der Waals surface area contributed by atoms with E-state index in [2.05, 4.69) is 4.98 Å². The van der Waals surface area contributed by atoms with Gasteiger partial charge in [0.1, 0.15) is 5.75 Å². The first kappa shape index (κ1) is 10.3. The number of halogens is 1. The van der Waals surface area contributed by atoms with E-state index in [9.17, 15) is 9.50 Å². The zero-order chi connectivity index (χ0) is 11.0. The van der Waals surface area contributed by atoms with Crippen LogP contribution < -0.4 is 0 Å². The van der Waals surface area contributed by atoms with Gasteiger partial charge in [0.2, 0.25) is 5.95 Å². The minimum Gasteiger partial charge on any atom is -0.506 e. The van der Waals surface area contributed by atoms with Gasteiger partial charge < -0.3 is 14.6 Å². The molecule has 1 aliphatic heterocycles. The molecule has 0 bridgehead atoms. The van der Waals surface area contributed by atoms with Gasteiger partial charge >= 0.3 is 0 Å². The van der Waals surface area contributed by atoms with Gasteiger partial charge in [-0.05, 0) is 13.8 Å². The molecule has 0 fully saturated rings. The molecule has 0 aromatic carbocycles. The lowest BCUT2D eigenvalue weighted by Crippen LogP contribution is -2.04. The fourth-order valence-electron chi connectivity index (χ4n) is 1.63. The van der Waals surface area contributed by atoms with Crippen molar-refractivity contribution in [3.05, 3.63) is 22.8 Å². The van der Waals surface area contributed by atoms with Crippen molar-refractivity contribution < 1.29 is 19.0 Å². The molecule has 1 aliphatic rings. The highest BCUT2D eigenvalue weighted by Crippen LogP contribution is 2.39. The molecule has 0 radical (unpaired) electrons. The summed E-state index contributed by atoms with van der Waals surface area (Å²) in [6.45, 7) is 3.88. The number of hydrogen-bond acceptors (Lipinski definition) is 4. The molecule has 2 rings (SSSR count). The molecule has 1 aromatic heterocycles. The highest BCUT2D eigenvalue weighted by molar-refractivity contribution is 5.43. The summed E-state index contributed by atoms with van der Waals surface area (Å²) in [5, 5.41) is 9.75. The molecule has 1 N–H and O–H groups in total. The highest BCUT2D eigenvalue weighted by Gasteiger charge is 2.31. The Hall–Kier alpha value is -1.20. The van der Waals surface area contributed by atoms with Crippen molar-refractivity contribution >= 4 is 0 Å². The first-order valence-electron chi connectivity index (χ1n) is 4.76. The first-order valence-corrected chi connectivity index (χ1v) is 4.76. The SMILES string of the molecule is CCOC1OCc2c(F)nc(C)c(O)c21. The van der Waals surface area contributed by atoms with Gasteiger partial charge in [-0.3, -0.25) is 0 Å². The normalized spacial score (nSPS) is 19.3. The second kappa shape index (κ2) is 3.75. The van der Waals surface area contributed by atoms with Crippen LogP contribution >= 0.6 is 0 Å². The number of rotatable bonds is 2. The quantitative estimate of drug-likeness (QED) is 0.761. The smallest absolute Gasteiger partial charge is 0.219 e. The standard InChI is InChI=1S/C10H12FNO3/c1-3-14-10-7-6(4-15-10)9(11)12-5(2)8(7)13/h10,13H,3-4H2,1-2H3. The van der Waals surface area contributed by atoms with Gasteiger partial charge in [-0.1, -0.05) is 0 Å². The maximum atomic E-state index is 13.4. The Labute approximate surface area is 86.7 Å². The summed E-state index contributed by atoms with van der Waals surface area (Å²) in [6, 6.07) is 0. The topological polar surface area (TPSA) is 51.6 Å². The molecule has 1 aromatic rings. The van der Waals surface area contributed by atoms with Crippen LogP contribution in [0.5, 0.6) is 5.75 Å². The van der Waals surface area contributed by atoms with Crippen LogP contribution in [0.3, 0.4) is 0 Å². The summed E-state index contributed by atoms with van der Waals surface area (Å²) in [5.74, 6) is -0.634. The summed E-state index contributed by atoms with van der Waals surface area (Å²) < 4.78 is 23.8. The van der Waals surface area contributed by atoms with Gasteiger partial charge in [0.15, 0.2) is 6.29 Å². The average Bonchev–Trinajstić information content (AvgIpc) is 2.60. The lowest BCUT2D eigenvalue weighted by Gasteiger charge is -2.12. The van der Waals surface area contributed by atoms with Crippen LogP contribution in [-0.4, -0.2) is 16.7 Å². The van der Waals surface area contributed by atoms with Gasteiger partial charge in [-0.15, -0.1) is 0 Å². The third kappa shape index (κ3) is 1.57. The van der Waals surface area contributed by atoms with E-state index in [1.807, 2.05) is 6.92 Å². The fraction of sp³-hybridized carbons (Fsp3) is 0.500. The summed E-state index contributed by atoms with van der Waals surface area (Å²) in [7, 11) is 0. The van der Waals surface area contributed by atoms with E-state index < -0.39 is 12.2 Å². The van der Waals surface area contributed by atoms with Crippen LogP contribution in [0.1, 0.15) is 30.0 Å². The van der Waals surface area contributed by atoms with Crippen LogP contribution in [0, 0.1) is 12.9 Å². The summed E-state index contributed by atoms with van der Waals surface area (Å²) in [4.78, 5) is 3.59. The summed E-state index contributed by atoms with van der Waals surface area (Å²) >= 11 is 0. The molecule has 0 spiro atoms. The van der Waals surface area contributed by atoms with Crippen molar-refractivity contribution in [2.75, 3.05) is 6.61 Å². The van der Waals surface area contributed by atoms with E-state index in [0.717, 1.165) is 0 Å². The molecule has 5 heteroatoms. The monoisotopic (exact) mass is 213 g/mol. The van der Waals surface area contributed by atoms with E-state index in [1.54, 1.807) is 6.92 Å². The summed E-state index contributed by atoms with van der Waals surface area (Å²) in [6.07, 6.45) is -0.679. The van der Waals surface area contributed by atoms with Crippen molar-refractivity contribution in [1.82, 2.24) is 4.98 Å². The number of pyridine rings is 1. The number of fused-ring (bicyclic) bond motifs is 1. The Morgan fingerprint density at radius 1 is 1.67 bits per heavy atom. The van der Waals surface area contributed by atoms with E-state index in [0.29, 0.717) is 12.2 Å². The zero-order valence-electron chi connectivity index (χ0n) is 8.58.